The van der Waals surface area contributed by atoms with Gasteiger partial charge in [0.15, 0.2) is 0 Å². The zero-order chi connectivity index (χ0) is 58.5. The number of rotatable bonds is 72. The summed E-state index contributed by atoms with van der Waals surface area (Å²) in [4.78, 5) is 24.6. The molecule has 0 aliphatic carbocycles. The van der Waals surface area contributed by atoms with Gasteiger partial charge >= 0.3 is 5.97 Å². The highest BCUT2D eigenvalue weighted by Crippen LogP contribution is 2.20. The lowest BCUT2D eigenvalue weighted by molar-refractivity contribution is -0.143. The predicted molar refractivity (Wildman–Crippen MR) is 357 cm³/mol. The van der Waals surface area contributed by atoms with Crippen LogP contribution < -0.4 is 5.32 Å². The van der Waals surface area contributed by atoms with E-state index in [1.54, 1.807) is 0 Å². The van der Waals surface area contributed by atoms with Gasteiger partial charge in [0.2, 0.25) is 5.91 Å². The first-order valence-electron chi connectivity index (χ1n) is 37.8. The molecule has 0 aromatic rings. The third-order valence-corrected chi connectivity index (χ3v) is 18.2. The zero-order valence-electron chi connectivity index (χ0n) is 55.6. The molecule has 0 bridgehead atoms. The number of hydrogen-bond acceptors (Lipinski definition) is 5. The highest BCUT2D eigenvalue weighted by molar-refractivity contribution is 5.76. The second-order valence-corrected chi connectivity index (χ2v) is 26.4. The second-order valence-electron chi connectivity index (χ2n) is 26.4. The van der Waals surface area contributed by atoms with Gasteiger partial charge in [-0.05, 0) is 25.7 Å². The quantitative estimate of drug-likeness (QED) is 0.0417. The normalized spacial score (nSPS) is 12.4. The highest BCUT2D eigenvalue weighted by atomic mass is 16.5. The molecular formula is C75H149NO5. The number of aliphatic hydroxyl groups is 2. The molecule has 0 aliphatic rings. The van der Waals surface area contributed by atoms with E-state index < -0.39 is 12.1 Å². The van der Waals surface area contributed by atoms with E-state index in [0.29, 0.717) is 25.9 Å². The van der Waals surface area contributed by atoms with Gasteiger partial charge in [0.05, 0.1) is 25.4 Å². The number of unbranched alkanes of at least 4 members (excludes halogenated alkanes) is 61. The van der Waals surface area contributed by atoms with Crippen molar-refractivity contribution in [2.75, 3.05) is 13.2 Å². The van der Waals surface area contributed by atoms with Crippen molar-refractivity contribution in [1.82, 2.24) is 5.32 Å². The van der Waals surface area contributed by atoms with Crippen LogP contribution in [0, 0.1) is 0 Å². The van der Waals surface area contributed by atoms with E-state index in [1.165, 1.54) is 372 Å². The third-order valence-electron chi connectivity index (χ3n) is 18.2. The van der Waals surface area contributed by atoms with E-state index in [1.807, 2.05) is 0 Å². The van der Waals surface area contributed by atoms with Crippen LogP contribution >= 0.6 is 0 Å². The van der Waals surface area contributed by atoms with Crippen LogP contribution in [0.15, 0.2) is 0 Å². The SMILES string of the molecule is CCCCCCCCCCCCCCCCCCCCCCC(O)C(CO)NC(=O)CCCCCCCCCCCCCCCCCCCCCCCCCCCCCCCCCCOC(=O)CCCCCCCCCCCCCC. The maximum absolute atomic E-state index is 12.6. The molecular weight excluding hydrogens is 995 g/mol. The van der Waals surface area contributed by atoms with Crippen molar-refractivity contribution in [2.24, 2.45) is 0 Å². The molecule has 6 nitrogen and oxygen atoms in total. The van der Waals surface area contributed by atoms with Gasteiger partial charge in [-0.1, -0.05) is 406 Å². The molecule has 2 unspecified atom stereocenters. The van der Waals surface area contributed by atoms with Crippen molar-refractivity contribution in [3.05, 3.63) is 0 Å². The van der Waals surface area contributed by atoms with Crippen molar-refractivity contribution in [3.63, 3.8) is 0 Å². The molecule has 0 spiro atoms. The maximum atomic E-state index is 12.6. The molecule has 0 saturated carbocycles. The minimum absolute atomic E-state index is 0.0232. The summed E-state index contributed by atoms with van der Waals surface area (Å²) in [5.41, 5.74) is 0. The van der Waals surface area contributed by atoms with Crippen LogP contribution in [-0.4, -0.2) is 47.4 Å². The van der Waals surface area contributed by atoms with E-state index in [-0.39, 0.29) is 18.5 Å². The fraction of sp³-hybridized carbons (Fsp3) is 0.973. The Morgan fingerprint density at radius 3 is 0.753 bits per heavy atom. The minimum atomic E-state index is -0.661. The first-order valence-corrected chi connectivity index (χ1v) is 37.8. The van der Waals surface area contributed by atoms with Crippen molar-refractivity contribution < 1.29 is 24.5 Å². The van der Waals surface area contributed by atoms with E-state index in [2.05, 4.69) is 19.2 Å². The lowest BCUT2D eigenvalue weighted by Gasteiger charge is -2.22. The highest BCUT2D eigenvalue weighted by Gasteiger charge is 2.20. The van der Waals surface area contributed by atoms with Crippen molar-refractivity contribution in [2.45, 2.75) is 456 Å². The van der Waals surface area contributed by atoms with E-state index in [0.717, 1.165) is 38.5 Å². The van der Waals surface area contributed by atoms with Gasteiger partial charge in [0.1, 0.15) is 0 Å². The molecule has 0 aromatic carbocycles. The van der Waals surface area contributed by atoms with Crippen LogP contribution in [0.2, 0.25) is 0 Å². The Morgan fingerprint density at radius 2 is 0.506 bits per heavy atom. The zero-order valence-corrected chi connectivity index (χ0v) is 55.6. The Morgan fingerprint density at radius 1 is 0.296 bits per heavy atom. The first-order chi connectivity index (χ1) is 40.0. The number of carbonyl (C=O) groups is 2. The summed E-state index contributed by atoms with van der Waals surface area (Å²) in [6.07, 6.45) is 87.5. The van der Waals surface area contributed by atoms with Crippen LogP contribution in [-0.2, 0) is 14.3 Å². The monoisotopic (exact) mass is 1140 g/mol. The van der Waals surface area contributed by atoms with Crippen LogP contribution in [0.25, 0.3) is 0 Å². The molecule has 0 aromatic heterocycles. The molecule has 0 heterocycles. The van der Waals surface area contributed by atoms with Crippen molar-refractivity contribution in [3.8, 4) is 0 Å². The lowest BCUT2D eigenvalue weighted by atomic mass is 10.0. The van der Waals surface area contributed by atoms with Gasteiger partial charge in [-0.3, -0.25) is 9.59 Å². The average Bonchev–Trinajstić information content (AvgIpc) is 3.47. The minimum Gasteiger partial charge on any atom is -0.466 e. The number of hydrogen-bond donors (Lipinski definition) is 3. The van der Waals surface area contributed by atoms with Crippen LogP contribution in [0.4, 0.5) is 0 Å². The fourth-order valence-electron chi connectivity index (χ4n) is 12.4. The van der Waals surface area contributed by atoms with Crippen LogP contribution in [0.1, 0.15) is 444 Å². The smallest absolute Gasteiger partial charge is 0.305 e. The number of carbonyl (C=O) groups excluding carboxylic acids is 2. The van der Waals surface area contributed by atoms with Crippen LogP contribution in [0.3, 0.4) is 0 Å². The number of esters is 1. The Bertz CT molecular complexity index is 1180. The molecule has 81 heavy (non-hydrogen) atoms. The first kappa shape index (κ1) is 79.9. The molecule has 0 rings (SSSR count). The molecule has 0 radical (unpaired) electrons. The molecule has 0 aliphatic heterocycles. The van der Waals surface area contributed by atoms with Crippen LogP contribution in [0.5, 0.6) is 0 Å². The fourth-order valence-corrected chi connectivity index (χ4v) is 12.4. The van der Waals surface area contributed by atoms with E-state index >= 15 is 0 Å². The molecule has 3 N–H and O–H groups in total. The summed E-state index contributed by atoms with van der Waals surface area (Å²) >= 11 is 0. The number of nitrogens with one attached hydrogen (secondary N) is 1. The van der Waals surface area contributed by atoms with E-state index in [4.69, 9.17) is 4.74 Å². The maximum Gasteiger partial charge on any atom is 0.305 e. The lowest BCUT2D eigenvalue weighted by Crippen LogP contribution is -2.45. The van der Waals surface area contributed by atoms with E-state index in [9.17, 15) is 19.8 Å². The van der Waals surface area contributed by atoms with Gasteiger partial charge < -0.3 is 20.3 Å². The summed E-state index contributed by atoms with van der Waals surface area (Å²) in [5, 5.41) is 23.4. The summed E-state index contributed by atoms with van der Waals surface area (Å²) in [7, 11) is 0. The molecule has 484 valence electrons. The largest absolute Gasteiger partial charge is 0.466 e. The summed E-state index contributed by atoms with van der Waals surface area (Å²) in [6.45, 7) is 5.01. The number of aliphatic hydroxyl groups excluding tert-OH is 2. The molecule has 6 heteroatoms. The van der Waals surface area contributed by atoms with Crippen molar-refractivity contribution in [1.29, 1.82) is 0 Å². The molecule has 0 saturated heterocycles. The topological polar surface area (TPSA) is 95.9 Å². The predicted octanol–water partition coefficient (Wildman–Crippen LogP) is 24.5. The Labute approximate surface area is 508 Å². The Kier molecular flexibility index (Phi) is 70.3. The third kappa shape index (κ3) is 67.9. The van der Waals surface area contributed by atoms with Crippen molar-refractivity contribution >= 4 is 11.9 Å². The summed E-state index contributed by atoms with van der Waals surface area (Å²) in [5.74, 6) is -0.00162. The molecule has 2 atom stereocenters. The second kappa shape index (κ2) is 71.3. The van der Waals surface area contributed by atoms with Gasteiger partial charge in [0.25, 0.3) is 0 Å². The van der Waals surface area contributed by atoms with Gasteiger partial charge in [-0.25, -0.2) is 0 Å². The summed E-state index contributed by atoms with van der Waals surface area (Å²) in [6, 6.07) is -0.538. The average molecular weight is 1150 g/mol. The van der Waals surface area contributed by atoms with Gasteiger partial charge in [-0.2, -0.15) is 0 Å². The molecule has 0 fully saturated rings. The Balaban J connectivity index is 3.32. The van der Waals surface area contributed by atoms with Gasteiger partial charge in [0, 0.05) is 12.8 Å². The standard InChI is InChI=1S/C75H149NO5/c1-3-5-7-9-11-13-15-17-18-19-20-35-38-41-44-47-51-55-59-63-67-73(78)72(71-77)76-74(79)68-64-60-56-52-48-45-42-39-36-33-31-29-27-25-23-21-22-24-26-28-30-32-34-37-40-43-46-50-54-58-62-66-70-81-75(80)69-65-61-57-53-49-16-14-12-10-8-6-4-2/h72-73,77-78H,3-71H2,1-2H3,(H,76,79). The van der Waals surface area contributed by atoms with Gasteiger partial charge in [-0.15, -0.1) is 0 Å². The Hall–Kier alpha value is -1.14. The number of ether oxygens (including phenoxy) is 1. The number of amides is 1. The summed E-state index contributed by atoms with van der Waals surface area (Å²) < 4.78 is 5.49. The molecule has 1 amide bonds.